The van der Waals surface area contributed by atoms with Gasteiger partial charge in [-0.15, -0.1) is 0 Å². The van der Waals surface area contributed by atoms with Gasteiger partial charge in [0.05, 0.1) is 6.10 Å². The Labute approximate surface area is 132 Å². The zero-order valence-electron chi connectivity index (χ0n) is 13.1. The second kappa shape index (κ2) is 5.86. The van der Waals surface area contributed by atoms with Gasteiger partial charge in [0.2, 0.25) is 0 Å². The number of rotatable bonds is 4. The Hall–Kier alpha value is -1.64. The third-order valence-electron chi connectivity index (χ3n) is 5.34. The molecule has 0 amide bonds. The summed E-state index contributed by atoms with van der Waals surface area (Å²) in [5, 5.41) is 0. The van der Waals surface area contributed by atoms with Gasteiger partial charge in [-0.25, -0.2) is 0 Å². The molecule has 3 atom stereocenters. The molecule has 2 heterocycles. The fourth-order valence-electron chi connectivity index (χ4n) is 4.13. The molecule has 0 aliphatic carbocycles. The first-order valence-electron chi connectivity index (χ1n) is 8.30. The maximum Gasteiger partial charge on any atom is 0.108 e. The second-order valence-corrected chi connectivity index (χ2v) is 6.58. The van der Waals surface area contributed by atoms with Crippen LogP contribution in [0.2, 0.25) is 0 Å². The van der Waals surface area contributed by atoms with E-state index in [1.54, 1.807) is 0 Å². The minimum Gasteiger partial charge on any atom is -0.364 e. The van der Waals surface area contributed by atoms with E-state index in [-0.39, 0.29) is 6.10 Å². The van der Waals surface area contributed by atoms with Gasteiger partial charge < -0.3 is 4.74 Å². The molecular weight excluding hydrogens is 270 g/mol. The number of nitrogens with zero attached hydrogens (tertiary/aromatic N) is 1. The van der Waals surface area contributed by atoms with E-state index in [1.165, 1.54) is 30.4 Å². The fourth-order valence-corrected chi connectivity index (χ4v) is 4.13. The number of hydrogen-bond acceptors (Lipinski definition) is 2. The van der Waals surface area contributed by atoms with Gasteiger partial charge >= 0.3 is 0 Å². The Kier molecular flexibility index (Phi) is 3.73. The molecule has 2 aromatic rings. The zero-order valence-corrected chi connectivity index (χ0v) is 13.1. The van der Waals surface area contributed by atoms with Crippen molar-refractivity contribution in [2.45, 2.75) is 43.6 Å². The molecule has 114 valence electrons. The van der Waals surface area contributed by atoms with E-state index >= 15 is 0 Å². The summed E-state index contributed by atoms with van der Waals surface area (Å²) in [5.41, 5.74) is 2.50. The maximum absolute atomic E-state index is 6.65. The highest BCUT2D eigenvalue weighted by Gasteiger charge is 2.45. The maximum atomic E-state index is 6.65. The lowest BCUT2D eigenvalue weighted by molar-refractivity contribution is -0.0113. The Morgan fingerprint density at radius 2 is 1.50 bits per heavy atom. The Morgan fingerprint density at radius 1 is 0.909 bits per heavy atom. The van der Waals surface area contributed by atoms with Crippen molar-refractivity contribution in [1.82, 2.24) is 4.90 Å². The van der Waals surface area contributed by atoms with Gasteiger partial charge in [0, 0.05) is 12.1 Å². The van der Waals surface area contributed by atoms with Crippen LogP contribution >= 0.6 is 0 Å². The monoisotopic (exact) mass is 293 g/mol. The molecule has 0 spiro atoms. The molecule has 0 saturated carbocycles. The lowest BCUT2D eigenvalue weighted by Gasteiger charge is -2.28. The molecule has 2 heteroatoms. The summed E-state index contributed by atoms with van der Waals surface area (Å²) in [6.45, 7) is 0. The first-order valence-corrected chi connectivity index (χ1v) is 8.30. The van der Waals surface area contributed by atoms with Crippen molar-refractivity contribution in [2.24, 2.45) is 0 Å². The molecule has 0 radical (unpaired) electrons. The van der Waals surface area contributed by atoms with Gasteiger partial charge in [0.25, 0.3) is 0 Å². The molecule has 2 nitrogen and oxygen atoms in total. The van der Waals surface area contributed by atoms with Gasteiger partial charge in [-0.2, -0.15) is 0 Å². The quantitative estimate of drug-likeness (QED) is 0.844. The highest BCUT2D eigenvalue weighted by Crippen LogP contribution is 2.41. The first kappa shape index (κ1) is 14.0. The average Bonchev–Trinajstić information content (AvgIpc) is 3.09. The second-order valence-electron chi connectivity index (χ2n) is 6.58. The topological polar surface area (TPSA) is 12.5 Å². The molecular formula is C20H23NO. The molecule has 2 saturated heterocycles. The summed E-state index contributed by atoms with van der Waals surface area (Å²) in [4.78, 5) is 2.53. The first-order chi connectivity index (χ1) is 10.8. The van der Waals surface area contributed by atoms with Crippen molar-refractivity contribution >= 4 is 0 Å². The molecule has 22 heavy (non-hydrogen) atoms. The van der Waals surface area contributed by atoms with Crippen LogP contribution in [0.4, 0.5) is 0 Å². The molecule has 2 fully saturated rings. The van der Waals surface area contributed by atoms with E-state index in [1.807, 2.05) is 0 Å². The number of hydrogen-bond donors (Lipinski definition) is 0. The Morgan fingerprint density at radius 3 is 1.95 bits per heavy atom. The van der Waals surface area contributed by atoms with Crippen LogP contribution in [-0.2, 0) is 4.74 Å². The number of fused-ring (bicyclic) bond motifs is 2. The smallest absolute Gasteiger partial charge is 0.108 e. The van der Waals surface area contributed by atoms with Gasteiger partial charge in [0.15, 0.2) is 0 Å². The summed E-state index contributed by atoms with van der Waals surface area (Å²) in [5.74, 6) is 0. The summed E-state index contributed by atoms with van der Waals surface area (Å²) in [6, 6.07) is 22.5. The average molecular weight is 293 g/mol. The highest BCUT2D eigenvalue weighted by molar-refractivity contribution is 5.30. The van der Waals surface area contributed by atoms with Crippen molar-refractivity contribution < 1.29 is 4.74 Å². The van der Waals surface area contributed by atoms with Crippen molar-refractivity contribution in [1.29, 1.82) is 0 Å². The predicted octanol–water partition coefficient (Wildman–Crippen LogP) is 4.03. The minimum absolute atomic E-state index is 0.0418. The molecule has 0 N–H and O–H groups in total. The van der Waals surface area contributed by atoms with Gasteiger partial charge in [0.1, 0.15) is 6.10 Å². The molecule has 2 aromatic carbocycles. The molecule has 2 aliphatic heterocycles. The van der Waals surface area contributed by atoms with Crippen molar-refractivity contribution in [3.05, 3.63) is 71.8 Å². The van der Waals surface area contributed by atoms with E-state index in [0.29, 0.717) is 12.1 Å². The van der Waals surface area contributed by atoms with Crippen LogP contribution in [-0.4, -0.2) is 30.1 Å². The van der Waals surface area contributed by atoms with E-state index in [2.05, 4.69) is 72.6 Å². The molecule has 2 aliphatic rings. The number of benzene rings is 2. The van der Waals surface area contributed by atoms with Crippen molar-refractivity contribution in [2.75, 3.05) is 7.05 Å². The van der Waals surface area contributed by atoms with E-state index in [9.17, 15) is 0 Å². The van der Waals surface area contributed by atoms with Crippen molar-refractivity contribution in [3.63, 3.8) is 0 Å². The normalized spacial score (nSPS) is 27.6. The SMILES string of the molecule is CN1[C@@H]2CC[C@H]1C(OC(c1ccccc1)c1ccccc1)C2. The third kappa shape index (κ3) is 2.47. The van der Waals surface area contributed by atoms with Crippen LogP contribution in [0.1, 0.15) is 36.5 Å². The Bertz CT molecular complexity index is 573. The Balaban J connectivity index is 1.61. The van der Waals surface area contributed by atoms with Crippen LogP contribution in [0.5, 0.6) is 0 Å². The fraction of sp³-hybridized carbons (Fsp3) is 0.400. The van der Waals surface area contributed by atoms with Crippen LogP contribution in [0.3, 0.4) is 0 Å². The van der Waals surface area contributed by atoms with Gasteiger partial charge in [-0.1, -0.05) is 60.7 Å². The van der Waals surface area contributed by atoms with Crippen LogP contribution in [0.25, 0.3) is 0 Å². The van der Waals surface area contributed by atoms with E-state index in [4.69, 9.17) is 4.74 Å². The highest BCUT2D eigenvalue weighted by atomic mass is 16.5. The van der Waals surface area contributed by atoms with Crippen LogP contribution < -0.4 is 0 Å². The summed E-state index contributed by atoms with van der Waals surface area (Å²) < 4.78 is 6.65. The van der Waals surface area contributed by atoms with Gasteiger partial charge in [-0.3, -0.25) is 4.90 Å². The number of ether oxygens (including phenoxy) is 1. The third-order valence-corrected chi connectivity index (χ3v) is 5.34. The minimum atomic E-state index is 0.0418. The molecule has 2 bridgehead atoms. The predicted molar refractivity (Wildman–Crippen MR) is 88.8 cm³/mol. The summed E-state index contributed by atoms with van der Waals surface area (Å²) in [7, 11) is 2.26. The molecule has 0 aromatic heterocycles. The van der Waals surface area contributed by atoms with Crippen molar-refractivity contribution in [3.8, 4) is 0 Å². The zero-order chi connectivity index (χ0) is 14.9. The molecule has 1 unspecified atom stereocenters. The van der Waals surface area contributed by atoms with Crippen LogP contribution in [0, 0.1) is 0 Å². The standard InChI is InChI=1S/C20H23NO/c1-21-17-12-13-18(21)19(14-17)22-20(15-8-4-2-5-9-15)16-10-6-3-7-11-16/h2-11,17-20H,12-14H2,1H3/t17-,18+,19?/m1/s1. The van der Waals surface area contributed by atoms with Crippen LogP contribution in [0.15, 0.2) is 60.7 Å². The summed E-state index contributed by atoms with van der Waals surface area (Å²) >= 11 is 0. The lowest BCUT2D eigenvalue weighted by Crippen LogP contribution is -2.32. The van der Waals surface area contributed by atoms with E-state index < -0.39 is 0 Å². The van der Waals surface area contributed by atoms with E-state index in [0.717, 1.165) is 6.04 Å². The van der Waals surface area contributed by atoms with Gasteiger partial charge in [-0.05, 0) is 37.4 Å². The summed E-state index contributed by atoms with van der Waals surface area (Å²) in [6.07, 6.45) is 4.19. The largest absolute Gasteiger partial charge is 0.364 e. The number of likely N-dealkylation sites (N-methyl/N-ethyl adjacent to an activating group) is 1. The molecule has 4 rings (SSSR count). The lowest BCUT2D eigenvalue weighted by atomic mass is 9.96.